The second-order valence-electron chi connectivity index (χ2n) is 9.02. The predicted molar refractivity (Wildman–Crippen MR) is 133 cm³/mol. The second-order valence-corrected chi connectivity index (χ2v) is 10.9. The number of esters is 1. The van der Waals surface area contributed by atoms with E-state index in [9.17, 15) is 22.0 Å². The van der Waals surface area contributed by atoms with Gasteiger partial charge in [0, 0.05) is 18.0 Å². The molecule has 0 N–H and O–H groups in total. The summed E-state index contributed by atoms with van der Waals surface area (Å²) in [5, 5.41) is 0.654. The SMILES string of the molecule is COC(=O)c1cc(OC)n2c(C)c(-c3cc4ccc(N(C(F)F)S(C)(=O)=O)nc4n3CC3CC3)nc2c1. The van der Waals surface area contributed by atoms with E-state index in [0.29, 0.717) is 46.4 Å². The lowest BCUT2D eigenvalue weighted by Gasteiger charge is -2.20. The highest BCUT2D eigenvalue weighted by atomic mass is 32.2. The van der Waals surface area contributed by atoms with E-state index in [1.165, 1.54) is 20.3 Å². The Morgan fingerprint density at radius 2 is 1.92 bits per heavy atom. The molecule has 4 heterocycles. The minimum atomic E-state index is -4.26. The number of ether oxygens (including phenoxy) is 2. The van der Waals surface area contributed by atoms with Gasteiger partial charge in [-0.3, -0.25) is 4.40 Å². The van der Waals surface area contributed by atoms with Crippen LogP contribution < -0.4 is 9.04 Å². The molecule has 1 aliphatic carbocycles. The molecular formula is C24H25F2N5O5S. The van der Waals surface area contributed by atoms with Crippen molar-refractivity contribution in [2.24, 2.45) is 5.92 Å². The lowest BCUT2D eigenvalue weighted by molar-refractivity contribution is 0.0600. The summed E-state index contributed by atoms with van der Waals surface area (Å²) in [6.45, 7) is -0.847. The molecule has 4 aromatic rings. The van der Waals surface area contributed by atoms with Crippen molar-refractivity contribution in [1.82, 2.24) is 18.9 Å². The number of aromatic nitrogens is 4. The highest BCUT2D eigenvalue weighted by molar-refractivity contribution is 7.92. The molecule has 10 nitrogen and oxygen atoms in total. The molecule has 0 atom stereocenters. The van der Waals surface area contributed by atoms with Crippen LogP contribution in [-0.2, 0) is 21.3 Å². The predicted octanol–water partition coefficient (Wildman–Crippen LogP) is 3.85. The van der Waals surface area contributed by atoms with Gasteiger partial charge < -0.3 is 14.0 Å². The zero-order valence-electron chi connectivity index (χ0n) is 20.6. The average molecular weight is 534 g/mol. The van der Waals surface area contributed by atoms with Gasteiger partial charge in [0.15, 0.2) is 5.88 Å². The largest absolute Gasteiger partial charge is 0.482 e. The quantitative estimate of drug-likeness (QED) is 0.250. The number of halogens is 2. The maximum Gasteiger partial charge on any atom is 0.338 e. The first-order chi connectivity index (χ1) is 17.5. The van der Waals surface area contributed by atoms with Gasteiger partial charge >= 0.3 is 12.5 Å². The van der Waals surface area contributed by atoms with Crippen LogP contribution >= 0.6 is 0 Å². The molecule has 1 fully saturated rings. The molecule has 0 aromatic carbocycles. The molecule has 4 aromatic heterocycles. The third-order valence-corrected chi connectivity index (χ3v) is 7.48. The fourth-order valence-corrected chi connectivity index (χ4v) is 5.23. The Morgan fingerprint density at radius 3 is 2.51 bits per heavy atom. The van der Waals surface area contributed by atoms with Crippen molar-refractivity contribution >= 4 is 38.5 Å². The van der Waals surface area contributed by atoms with E-state index in [1.807, 2.05) is 17.6 Å². The zero-order valence-corrected chi connectivity index (χ0v) is 21.4. The number of carbonyl (C=O) groups is 1. The number of methoxy groups -OCH3 is 2. The van der Waals surface area contributed by atoms with E-state index in [4.69, 9.17) is 14.5 Å². The fraction of sp³-hybridized carbons (Fsp3) is 0.375. The second kappa shape index (κ2) is 8.98. The normalized spacial score (nSPS) is 14.0. The molecule has 5 rings (SSSR count). The number of pyridine rings is 2. The molecular weight excluding hydrogens is 508 g/mol. The number of alkyl halides is 2. The fourth-order valence-electron chi connectivity index (χ4n) is 4.50. The highest BCUT2D eigenvalue weighted by Gasteiger charge is 2.30. The average Bonchev–Trinajstić information content (AvgIpc) is 3.51. The Morgan fingerprint density at radius 1 is 1.19 bits per heavy atom. The van der Waals surface area contributed by atoms with Gasteiger partial charge in [-0.25, -0.2) is 23.2 Å². The van der Waals surface area contributed by atoms with Gasteiger partial charge in [-0.15, -0.1) is 0 Å². The van der Waals surface area contributed by atoms with E-state index in [2.05, 4.69) is 4.98 Å². The van der Waals surface area contributed by atoms with Gasteiger partial charge in [0.25, 0.3) is 0 Å². The van der Waals surface area contributed by atoms with E-state index in [-0.39, 0.29) is 15.7 Å². The first kappa shape index (κ1) is 24.9. The lowest BCUT2D eigenvalue weighted by Crippen LogP contribution is -2.35. The molecule has 13 heteroatoms. The molecule has 0 amide bonds. The van der Waals surface area contributed by atoms with Crippen molar-refractivity contribution in [2.75, 3.05) is 24.8 Å². The number of anilines is 1. The summed E-state index contributed by atoms with van der Waals surface area (Å²) in [7, 11) is -1.48. The number of imidazole rings is 1. The van der Waals surface area contributed by atoms with Crippen LogP contribution in [0.3, 0.4) is 0 Å². The van der Waals surface area contributed by atoms with E-state index < -0.39 is 22.5 Å². The van der Waals surface area contributed by atoms with Crippen LogP contribution in [0.5, 0.6) is 5.88 Å². The van der Waals surface area contributed by atoms with Gasteiger partial charge in [-0.05, 0) is 49.9 Å². The maximum absolute atomic E-state index is 13.7. The smallest absolute Gasteiger partial charge is 0.338 e. The minimum absolute atomic E-state index is 0.00987. The number of carbonyl (C=O) groups excluding carboxylic acids is 1. The minimum Gasteiger partial charge on any atom is -0.482 e. The Kier molecular flexibility index (Phi) is 6.05. The molecule has 0 spiro atoms. The monoisotopic (exact) mass is 533 g/mol. The summed E-state index contributed by atoms with van der Waals surface area (Å²) in [5.41, 5.74) is 3.14. The van der Waals surface area contributed by atoms with E-state index >= 15 is 0 Å². The summed E-state index contributed by atoms with van der Waals surface area (Å²) in [4.78, 5) is 21.3. The van der Waals surface area contributed by atoms with Crippen LogP contribution in [0.1, 0.15) is 28.9 Å². The molecule has 0 radical (unpaired) electrons. The molecule has 0 bridgehead atoms. The number of sulfonamides is 1. The highest BCUT2D eigenvalue weighted by Crippen LogP contribution is 2.38. The summed E-state index contributed by atoms with van der Waals surface area (Å²) in [6, 6.07) is 7.86. The Bertz CT molecular complexity index is 1640. The van der Waals surface area contributed by atoms with Gasteiger partial charge in [0.2, 0.25) is 10.0 Å². The van der Waals surface area contributed by atoms with Crippen LogP contribution in [-0.4, -0.2) is 60.3 Å². The standard InChI is InChI=1S/C24H25F2N5O5S/c1-13-21(27-19-10-16(23(32)36-3)11-20(35-2)30(13)19)17-9-15-7-8-18(31(24(25)26)37(4,33)34)28-22(15)29(17)12-14-5-6-14/h7-11,14,24H,5-6,12H2,1-4H3. The van der Waals surface area contributed by atoms with Gasteiger partial charge in [-0.2, -0.15) is 13.1 Å². The van der Waals surface area contributed by atoms with Crippen LogP contribution in [0.25, 0.3) is 28.1 Å². The lowest BCUT2D eigenvalue weighted by atomic mass is 10.2. The third-order valence-electron chi connectivity index (χ3n) is 6.42. The van der Waals surface area contributed by atoms with Crippen LogP contribution in [0.4, 0.5) is 14.6 Å². The van der Waals surface area contributed by atoms with Crippen LogP contribution in [0.15, 0.2) is 30.3 Å². The van der Waals surface area contributed by atoms with Gasteiger partial charge in [0.1, 0.15) is 22.8 Å². The third kappa shape index (κ3) is 4.37. The summed E-state index contributed by atoms with van der Waals surface area (Å²) >= 11 is 0. The van der Waals surface area contributed by atoms with Crippen LogP contribution in [0, 0.1) is 12.8 Å². The molecule has 1 aliphatic rings. The van der Waals surface area contributed by atoms with Gasteiger partial charge in [-0.1, -0.05) is 0 Å². The Labute approximate surface area is 211 Å². The van der Waals surface area contributed by atoms with E-state index in [1.54, 1.807) is 22.6 Å². The van der Waals surface area contributed by atoms with Crippen molar-refractivity contribution in [3.63, 3.8) is 0 Å². The first-order valence-corrected chi connectivity index (χ1v) is 13.3. The molecule has 37 heavy (non-hydrogen) atoms. The zero-order chi connectivity index (χ0) is 26.6. The molecule has 0 unspecified atom stereocenters. The van der Waals surface area contributed by atoms with Gasteiger partial charge in [0.05, 0.1) is 37.4 Å². The first-order valence-electron chi connectivity index (χ1n) is 11.5. The topological polar surface area (TPSA) is 108 Å². The van der Waals surface area contributed by atoms with Crippen molar-refractivity contribution < 1.29 is 31.5 Å². The number of fused-ring (bicyclic) bond motifs is 2. The van der Waals surface area contributed by atoms with Crippen LogP contribution in [0.2, 0.25) is 0 Å². The molecule has 1 saturated carbocycles. The Balaban J connectivity index is 1.73. The van der Waals surface area contributed by atoms with Crippen molar-refractivity contribution in [3.05, 3.63) is 41.6 Å². The maximum atomic E-state index is 13.7. The van der Waals surface area contributed by atoms with Crippen molar-refractivity contribution in [2.45, 2.75) is 32.9 Å². The number of hydrogen-bond acceptors (Lipinski definition) is 7. The van der Waals surface area contributed by atoms with Crippen molar-refractivity contribution in [3.8, 4) is 17.3 Å². The molecule has 196 valence electrons. The number of hydrogen-bond donors (Lipinski definition) is 0. The summed E-state index contributed by atoms with van der Waals surface area (Å²) in [6.07, 6.45) is 2.76. The Hall–Kier alpha value is -3.74. The summed E-state index contributed by atoms with van der Waals surface area (Å²) in [5.74, 6) is -0.112. The summed E-state index contributed by atoms with van der Waals surface area (Å²) < 4.78 is 65.5. The molecule has 0 aliphatic heterocycles. The van der Waals surface area contributed by atoms with E-state index in [0.717, 1.165) is 24.8 Å². The van der Waals surface area contributed by atoms with Crippen molar-refractivity contribution in [1.29, 1.82) is 0 Å². The number of rotatable bonds is 8. The number of aryl methyl sites for hydroxylation is 1. The number of nitrogens with zero attached hydrogens (tertiary/aromatic N) is 5. The molecule has 0 saturated heterocycles.